The predicted molar refractivity (Wildman–Crippen MR) is 86.6 cm³/mol. The van der Waals surface area contributed by atoms with Crippen molar-refractivity contribution in [3.05, 3.63) is 45.6 Å². The molecular weight excluding hydrogens is 368 g/mol. The molecule has 0 unspecified atom stereocenters. The fraction of sp³-hybridized carbons (Fsp3) is 0.214. The first-order valence-electron chi connectivity index (χ1n) is 6.68. The number of hydrogen-bond acceptors (Lipinski definition) is 5. The third-order valence-corrected chi connectivity index (χ3v) is 4.67. The van der Waals surface area contributed by atoms with Gasteiger partial charge in [-0.15, -0.1) is 11.3 Å². The van der Waals surface area contributed by atoms with Gasteiger partial charge in [-0.2, -0.15) is 5.10 Å². The van der Waals surface area contributed by atoms with Gasteiger partial charge in [0.1, 0.15) is 0 Å². The minimum absolute atomic E-state index is 0.266. The molecule has 0 aliphatic carbocycles. The van der Waals surface area contributed by atoms with Crippen molar-refractivity contribution in [1.82, 2.24) is 20.3 Å². The van der Waals surface area contributed by atoms with Crippen molar-refractivity contribution >= 4 is 33.2 Å². The van der Waals surface area contributed by atoms with Gasteiger partial charge in [0.2, 0.25) is 0 Å². The van der Waals surface area contributed by atoms with Crippen LogP contribution in [0.1, 0.15) is 23.1 Å². The lowest BCUT2D eigenvalue weighted by Crippen LogP contribution is -2.24. The fourth-order valence-electron chi connectivity index (χ4n) is 2.01. The molecular formula is C14H13BrN4O2S. The van der Waals surface area contributed by atoms with E-state index in [-0.39, 0.29) is 11.6 Å². The first kappa shape index (κ1) is 15.0. The molecule has 0 aliphatic heterocycles. The van der Waals surface area contributed by atoms with Crippen molar-refractivity contribution in [2.75, 3.05) is 0 Å². The lowest BCUT2D eigenvalue weighted by Gasteiger charge is -2.06. The number of rotatable bonds is 5. The molecule has 1 N–H and O–H groups in total. The first-order chi connectivity index (χ1) is 10.7. The van der Waals surface area contributed by atoms with Crippen LogP contribution in [0, 0.1) is 0 Å². The molecule has 3 aromatic rings. The third-order valence-electron chi connectivity index (χ3n) is 3.12. The van der Waals surface area contributed by atoms with Crippen molar-refractivity contribution in [1.29, 1.82) is 0 Å². The van der Waals surface area contributed by atoms with Crippen molar-refractivity contribution in [2.45, 2.75) is 20.0 Å². The summed E-state index contributed by atoms with van der Waals surface area (Å²) >= 11 is 4.96. The molecule has 0 radical (unpaired) electrons. The van der Waals surface area contributed by atoms with E-state index < -0.39 is 0 Å². The molecule has 0 aromatic carbocycles. The molecule has 0 atom stereocenters. The average Bonchev–Trinajstić information content (AvgIpc) is 3.25. The van der Waals surface area contributed by atoms with Gasteiger partial charge in [0.25, 0.3) is 5.91 Å². The highest BCUT2D eigenvalue weighted by Crippen LogP contribution is 2.25. The smallest absolute Gasteiger partial charge is 0.273 e. The molecule has 1 amide bonds. The standard InChI is InChI=1S/C14H13BrN4O2S/c1-2-19-11(9(15)7-17-19)8-16-14(20)10-6-12(21-18-10)13-4-3-5-22-13/h3-7H,2,8H2,1H3,(H,16,20). The van der Waals surface area contributed by atoms with Crippen LogP contribution in [0.4, 0.5) is 0 Å². The van der Waals surface area contributed by atoms with Crippen LogP contribution in [-0.2, 0) is 13.1 Å². The third kappa shape index (κ3) is 2.97. The topological polar surface area (TPSA) is 73.0 Å². The number of thiophene rings is 1. The Kier molecular flexibility index (Phi) is 4.39. The van der Waals surface area contributed by atoms with Crippen LogP contribution in [-0.4, -0.2) is 20.8 Å². The van der Waals surface area contributed by atoms with Gasteiger partial charge < -0.3 is 9.84 Å². The number of aryl methyl sites for hydroxylation is 1. The van der Waals surface area contributed by atoms with E-state index in [9.17, 15) is 4.79 Å². The first-order valence-corrected chi connectivity index (χ1v) is 8.35. The normalized spacial score (nSPS) is 10.8. The van der Waals surface area contributed by atoms with Crippen LogP contribution >= 0.6 is 27.3 Å². The van der Waals surface area contributed by atoms with E-state index in [4.69, 9.17) is 4.52 Å². The summed E-state index contributed by atoms with van der Waals surface area (Å²) in [5.41, 5.74) is 1.18. The Morgan fingerprint density at radius 1 is 1.55 bits per heavy atom. The molecule has 6 nitrogen and oxygen atoms in total. The number of aromatic nitrogens is 3. The number of halogens is 1. The minimum atomic E-state index is -0.276. The highest BCUT2D eigenvalue weighted by Gasteiger charge is 2.15. The van der Waals surface area contributed by atoms with Crippen LogP contribution in [0.2, 0.25) is 0 Å². The second-order valence-electron chi connectivity index (χ2n) is 4.49. The number of nitrogens with one attached hydrogen (secondary N) is 1. The van der Waals surface area contributed by atoms with Crippen LogP contribution in [0.3, 0.4) is 0 Å². The van der Waals surface area contributed by atoms with Crippen LogP contribution < -0.4 is 5.32 Å². The highest BCUT2D eigenvalue weighted by molar-refractivity contribution is 9.10. The van der Waals surface area contributed by atoms with Gasteiger partial charge >= 0.3 is 0 Å². The fourth-order valence-corrected chi connectivity index (χ4v) is 3.12. The predicted octanol–water partition coefficient (Wildman–Crippen LogP) is 3.31. The van der Waals surface area contributed by atoms with Gasteiger partial charge in [0.15, 0.2) is 11.5 Å². The Bertz CT molecular complexity index is 779. The van der Waals surface area contributed by atoms with Crippen molar-refractivity contribution in [3.8, 4) is 10.6 Å². The summed E-state index contributed by atoms with van der Waals surface area (Å²) in [6.45, 7) is 3.10. The maximum atomic E-state index is 12.2. The van der Waals surface area contributed by atoms with Gasteiger partial charge in [0.05, 0.1) is 27.8 Å². The van der Waals surface area contributed by atoms with E-state index in [1.54, 1.807) is 12.3 Å². The van der Waals surface area contributed by atoms with Gasteiger partial charge in [-0.3, -0.25) is 9.48 Å². The summed E-state index contributed by atoms with van der Waals surface area (Å²) in [6, 6.07) is 5.49. The molecule has 0 spiro atoms. The lowest BCUT2D eigenvalue weighted by molar-refractivity contribution is 0.0941. The molecule has 0 saturated carbocycles. The van der Waals surface area contributed by atoms with E-state index in [0.717, 1.165) is 21.6 Å². The molecule has 3 heterocycles. The number of hydrogen-bond donors (Lipinski definition) is 1. The maximum absolute atomic E-state index is 12.2. The quantitative estimate of drug-likeness (QED) is 0.736. The van der Waals surface area contributed by atoms with Crippen molar-refractivity contribution < 1.29 is 9.32 Å². The second-order valence-corrected chi connectivity index (χ2v) is 6.29. The summed E-state index contributed by atoms with van der Waals surface area (Å²) in [7, 11) is 0. The van der Waals surface area contributed by atoms with E-state index in [0.29, 0.717) is 12.3 Å². The van der Waals surface area contributed by atoms with E-state index in [2.05, 4.69) is 31.5 Å². The molecule has 0 bridgehead atoms. The zero-order valence-corrected chi connectivity index (χ0v) is 14.1. The summed E-state index contributed by atoms with van der Waals surface area (Å²) in [6.07, 6.45) is 1.72. The molecule has 22 heavy (non-hydrogen) atoms. The number of nitrogens with zero attached hydrogens (tertiary/aromatic N) is 3. The summed E-state index contributed by atoms with van der Waals surface area (Å²) in [5, 5.41) is 12.8. The molecule has 0 aliphatic rings. The number of carbonyl (C=O) groups is 1. The molecule has 3 aromatic heterocycles. The zero-order valence-electron chi connectivity index (χ0n) is 11.7. The Morgan fingerprint density at radius 3 is 3.14 bits per heavy atom. The van der Waals surface area contributed by atoms with Crippen LogP contribution in [0.5, 0.6) is 0 Å². The van der Waals surface area contributed by atoms with Gasteiger partial charge in [-0.05, 0) is 34.3 Å². The van der Waals surface area contributed by atoms with Gasteiger partial charge in [0, 0.05) is 12.6 Å². The Balaban J connectivity index is 1.69. The molecule has 3 rings (SSSR count). The molecule has 114 valence electrons. The minimum Gasteiger partial charge on any atom is -0.355 e. The largest absolute Gasteiger partial charge is 0.355 e. The summed E-state index contributed by atoms with van der Waals surface area (Å²) < 4.78 is 7.90. The average molecular weight is 381 g/mol. The number of carbonyl (C=O) groups excluding carboxylic acids is 1. The second kappa shape index (κ2) is 6.45. The van der Waals surface area contributed by atoms with Gasteiger partial charge in [-0.25, -0.2) is 0 Å². The molecule has 8 heteroatoms. The number of amides is 1. The van der Waals surface area contributed by atoms with Crippen molar-refractivity contribution in [2.24, 2.45) is 0 Å². The highest BCUT2D eigenvalue weighted by atomic mass is 79.9. The monoisotopic (exact) mass is 380 g/mol. The zero-order chi connectivity index (χ0) is 15.5. The maximum Gasteiger partial charge on any atom is 0.273 e. The van der Waals surface area contributed by atoms with Crippen LogP contribution in [0.25, 0.3) is 10.6 Å². The Labute approximate surface area is 139 Å². The van der Waals surface area contributed by atoms with E-state index in [1.807, 2.05) is 29.1 Å². The Morgan fingerprint density at radius 2 is 2.41 bits per heavy atom. The lowest BCUT2D eigenvalue weighted by atomic mass is 10.3. The SMILES string of the molecule is CCn1ncc(Br)c1CNC(=O)c1cc(-c2cccs2)on1. The molecule has 0 saturated heterocycles. The van der Waals surface area contributed by atoms with Crippen LogP contribution in [0.15, 0.2) is 38.8 Å². The Hall–Kier alpha value is -1.93. The summed E-state index contributed by atoms with van der Waals surface area (Å²) in [4.78, 5) is 13.1. The van der Waals surface area contributed by atoms with Crippen molar-refractivity contribution in [3.63, 3.8) is 0 Å². The summed E-state index contributed by atoms with van der Waals surface area (Å²) in [5.74, 6) is 0.322. The van der Waals surface area contributed by atoms with E-state index >= 15 is 0 Å². The molecule has 0 fully saturated rings. The van der Waals surface area contributed by atoms with Gasteiger partial charge in [-0.1, -0.05) is 11.2 Å². The van der Waals surface area contributed by atoms with E-state index in [1.165, 1.54) is 11.3 Å².